The Labute approximate surface area is 114 Å². The van der Waals surface area contributed by atoms with E-state index in [-0.39, 0.29) is 28.8 Å². The Bertz CT molecular complexity index is 783. The summed E-state index contributed by atoms with van der Waals surface area (Å²) in [6, 6.07) is 2.90. The molecule has 1 saturated heterocycles. The Morgan fingerprint density at radius 2 is 2.30 bits per heavy atom. The number of rotatable bonds is 3. The number of fused-ring (bicyclic) bond motifs is 1. The Morgan fingerprint density at radius 1 is 1.50 bits per heavy atom. The van der Waals surface area contributed by atoms with Gasteiger partial charge in [0.25, 0.3) is 0 Å². The zero-order chi connectivity index (χ0) is 14.3. The third-order valence-corrected chi connectivity index (χ3v) is 5.22. The van der Waals surface area contributed by atoms with Crippen LogP contribution in [0.4, 0.5) is 5.69 Å². The van der Waals surface area contributed by atoms with Crippen molar-refractivity contribution in [3.05, 3.63) is 34.3 Å². The number of aromatic nitrogens is 3. The van der Waals surface area contributed by atoms with Crippen LogP contribution in [0.1, 0.15) is 12.2 Å². The second-order valence-corrected chi connectivity index (χ2v) is 7.15. The Hall–Kier alpha value is -2.03. The van der Waals surface area contributed by atoms with Gasteiger partial charge in [-0.1, -0.05) is 0 Å². The van der Waals surface area contributed by atoms with Gasteiger partial charge in [-0.25, -0.2) is 17.9 Å². The minimum Gasteiger partial charge on any atom is -0.258 e. The average Bonchev–Trinajstić information content (AvgIpc) is 2.91. The lowest BCUT2D eigenvalue weighted by Crippen LogP contribution is -2.08. The molecule has 0 N–H and O–H groups in total. The molecule has 8 nitrogen and oxygen atoms in total. The zero-order valence-electron chi connectivity index (χ0n) is 10.5. The summed E-state index contributed by atoms with van der Waals surface area (Å²) >= 11 is 0. The maximum atomic E-state index is 11.4. The second kappa shape index (κ2) is 4.51. The van der Waals surface area contributed by atoms with E-state index in [1.807, 2.05) is 0 Å². The normalized spacial score (nSPS) is 21.3. The lowest BCUT2D eigenvalue weighted by atomic mass is 10.1. The molecule has 2 aromatic rings. The molecule has 3 heterocycles. The van der Waals surface area contributed by atoms with Crippen molar-refractivity contribution in [1.82, 2.24) is 14.6 Å². The SMILES string of the molecule is O=[N+]([O-])c1cccn2nc(CC3CCS(=O)(=O)C3)nc12. The predicted octanol–water partition coefficient (Wildman–Crippen LogP) is 0.615. The first-order valence-electron chi connectivity index (χ1n) is 6.14. The van der Waals surface area contributed by atoms with Gasteiger partial charge in [-0.3, -0.25) is 10.1 Å². The van der Waals surface area contributed by atoms with Gasteiger partial charge in [0.05, 0.1) is 16.4 Å². The van der Waals surface area contributed by atoms with E-state index < -0.39 is 14.8 Å². The summed E-state index contributed by atoms with van der Waals surface area (Å²) in [5, 5.41) is 15.1. The van der Waals surface area contributed by atoms with Gasteiger partial charge < -0.3 is 0 Å². The highest BCUT2D eigenvalue weighted by atomic mass is 32.2. The molecule has 1 aliphatic rings. The summed E-state index contributed by atoms with van der Waals surface area (Å²) in [7, 11) is -2.94. The van der Waals surface area contributed by atoms with E-state index in [1.165, 1.54) is 16.6 Å². The van der Waals surface area contributed by atoms with Crippen molar-refractivity contribution in [2.75, 3.05) is 11.5 Å². The highest BCUT2D eigenvalue weighted by molar-refractivity contribution is 7.91. The number of sulfone groups is 1. The van der Waals surface area contributed by atoms with Crippen molar-refractivity contribution in [3.63, 3.8) is 0 Å². The molecular weight excluding hydrogens is 284 g/mol. The fourth-order valence-electron chi connectivity index (χ4n) is 2.46. The second-order valence-electron chi connectivity index (χ2n) is 4.92. The standard InChI is InChI=1S/C11H12N4O4S/c16-15(17)9-2-1-4-14-11(9)12-10(13-14)6-8-3-5-20(18,19)7-8/h1-2,4,8H,3,5-7H2. The summed E-state index contributed by atoms with van der Waals surface area (Å²) in [6.07, 6.45) is 2.61. The number of hydrogen-bond donors (Lipinski definition) is 0. The van der Waals surface area contributed by atoms with Gasteiger partial charge in [-0.05, 0) is 18.4 Å². The highest BCUT2D eigenvalue weighted by Crippen LogP contribution is 2.23. The van der Waals surface area contributed by atoms with Gasteiger partial charge in [-0.15, -0.1) is 0 Å². The lowest BCUT2D eigenvalue weighted by molar-refractivity contribution is -0.383. The van der Waals surface area contributed by atoms with E-state index >= 15 is 0 Å². The quantitative estimate of drug-likeness (QED) is 0.606. The molecule has 1 aliphatic heterocycles. The summed E-state index contributed by atoms with van der Waals surface area (Å²) in [4.78, 5) is 14.6. The van der Waals surface area contributed by atoms with E-state index in [2.05, 4.69) is 10.1 Å². The van der Waals surface area contributed by atoms with Crippen LogP contribution in [0.15, 0.2) is 18.3 Å². The van der Waals surface area contributed by atoms with E-state index in [0.717, 1.165) is 0 Å². The molecule has 0 radical (unpaired) electrons. The van der Waals surface area contributed by atoms with Crippen LogP contribution in [0.2, 0.25) is 0 Å². The van der Waals surface area contributed by atoms with Crippen LogP contribution in [-0.2, 0) is 16.3 Å². The van der Waals surface area contributed by atoms with Crippen LogP contribution >= 0.6 is 0 Å². The van der Waals surface area contributed by atoms with E-state index in [0.29, 0.717) is 18.7 Å². The number of nitro groups is 1. The molecule has 0 spiro atoms. The third-order valence-electron chi connectivity index (χ3n) is 3.38. The monoisotopic (exact) mass is 296 g/mol. The number of nitrogens with zero attached hydrogens (tertiary/aromatic N) is 4. The molecule has 3 rings (SSSR count). The van der Waals surface area contributed by atoms with Crippen LogP contribution in [0.3, 0.4) is 0 Å². The molecule has 0 saturated carbocycles. The van der Waals surface area contributed by atoms with Gasteiger partial charge >= 0.3 is 5.69 Å². The molecule has 0 aromatic carbocycles. The molecule has 0 aliphatic carbocycles. The topological polar surface area (TPSA) is 107 Å². The van der Waals surface area contributed by atoms with Crippen LogP contribution in [0.5, 0.6) is 0 Å². The van der Waals surface area contributed by atoms with E-state index in [4.69, 9.17) is 0 Å². The fraction of sp³-hybridized carbons (Fsp3) is 0.455. The first kappa shape index (κ1) is 13.0. The molecule has 20 heavy (non-hydrogen) atoms. The van der Waals surface area contributed by atoms with Crippen LogP contribution in [0, 0.1) is 16.0 Å². The number of pyridine rings is 1. The smallest absolute Gasteiger partial charge is 0.258 e. The molecule has 106 valence electrons. The van der Waals surface area contributed by atoms with Crippen LogP contribution < -0.4 is 0 Å². The number of hydrogen-bond acceptors (Lipinski definition) is 6. The Kier molecular flexibility index (Phi) is 2.93. The molecule has 0 amide bonds. The molecular formula is C11H12N4O4S. The zero-order valence-corrected chi connectivity index (χ0v) is 11.3. The molecule has 1 unspecified atom stereocenters. The largest absolute Gasteiger partial charge is 0.313 e. The predicted molar refractivity (Wildman–Crippen MR) is 70.1 cm³/mol. The molecule has 2 aromatic heterocycles. The molecule has 9 heteroatoms. The first-order valence-corrected chi connectivity index (χ1v) is 7.96. The maximum Gasteiger partial charge on any atom is 0.313 e. The van der Waals surface area contributed by atoms with Gasteiger partial charge in [0.1, 0.15) is 0 Å². The van der Waals surface area contributed by atoms with Crippen molar-refractivity contribution in [3.8, 4) is 0 Å². The highest BCUT2D eigenvalue weighted by Gasteiger charge is 2.29. The van der Waals surface area contributed by atoms with Crippen LogP contribution in [0.25, 0.3) is 5.65 Å². The lowest BCUT2D eigenvalue weighted by Gasteiger charge is -2.01. The summed E-state index contributed by atoms with van der Waals surface area (Å²) < 4.78 is 24.2. The van der Waals surface area contributed by atoms with Gasteiger partial charge in [0.2, 0.25) is 5.65 Å². The van der Waals surface area contributed by atoms with Gasteiger partial charge in [-0.2, -0.15) is 5.10 Å². The van der Waals surface area contributed by atoms with E-state index in [9.17, 15) is 18.5 Å². The summed E-state index contributed by atoms with van der Waals surface area (Å²) in [6.45, 7) is 0. The molecule has 1 fully saturated rings. The third kappa shape index (κ3) is 2.36. The van der Waals surface area contributed by atoms with Crippen molar-refractivity contribution < 1.29 is 13.3 Å². The van der Waals surface area contributed by atoms with Gasteiger partial charge in [0.15, 0.2) is 15.7 Å². The van der Waals surface area contributed by atoms with Crippen molar-refractivity contribution in [1.29, 1.82) is 0 Å². The van der Waals surface area contributed by atoms with Crippen molar-refractivity contribution >= 4 is 21.2 Å². The average molecular weight is 296 g/mol. The minimum absolute atomic E-state index is 0.00327. The fourth-order valence-corrected chi connectivity index (χ4v) is 4.32. The minimum atomic E-state index is -2.94. The van der Waals surface area contributed by atoms with Crippen LogP contribution in [-0.4, -0.2) is 39.4 Å². The molecule has 1 atom stereocenters. The summed E-state index contributed by atoms with van der Waals surface area (Å²) in [5.74, 6) is 0.786. The summed E-state index contributed by atoms with van der Waals surface area (Å²) in [5.41, 5.74) is 0.0821. The van der Waals surface area contributed by atoms with Crippen molar-refractivity contribution in [2.45, 2.75) is 12.8 Å². The first-order chi connectivity index (χ1) is 9.44. The van der Waals surface area contributed by atoms with Gasteiger partial charge in [0, 0.05) is 18.7 Å². The molecule has 0 bridgehead atoms. The Balaban J connectivity index is 1.90. The maximum absolute atomic E-state index is 11.4. The Morgan fingerprint density at radius 3 is 2.95 bits per heavy atom. The van der Waals surface area contributed by atoms with Crippen molar-refractivity contribution in [2.24, 2.45) is 5.92 Å². The van der Waals surface area contributed by atoms with E-state index in [1.54, 1.807) is 6.20 Å².